The maximum Gasteiger partial charge on any atom is 0.357 e. The molecule has 1 aromatic heterocycles. The lowest BCUT2D eigenvalue weighted by Crippen LogP contribution is -2.48. The molecule has 1 atom stereocenters. The van der Waals surface area contributed by atoms with E-state index in [1.54, 1.807) is 23.1 Å². The summed E-state index contributed by atoms with van der Waals surface area (Å²) in [6.45, 7) is 5.63. The number of nitrogens with one attached hydrogen (secondary N) is 1. The number of rotatable bonds is 4. The number of hydrogen-bond acceptors (Lipinski definition) is 4. The number of amides is 1. The predicted molar refractivity (Wildman–Crippen MR) is 99.8 cm³/mol. The molecule has 0 aliphatic carbocycles. The Labute approximate surface area is 161 Å². The summed E-state index contributed by atoms with van der Waals surface area (Å²) in [6, 6.07) is 5.11. The number of H-pyrrole nitrogens is 1. The molecule has 2 aromatic rings. The SMILES string of the molecule is CC(C)[C@@H](OC(=O)c1[nH]c2ccc(Cl)cc2c1Cl)C(=O)N1CCOCC1. The number of carbonyl (C=O) groups is 2. The molecule has 0 spiro atoms. The van der Waals surface area contributed by atoms with E-state index in [1.807, 2.05) is 13.8 Å². The Balaban J connectivity index is 1.82. The Kier molecular flexibility index (Phi) is 5.75. The molecule has 140 valence electrons. The van der Waals surface area contributed by atoms with Crippen molar-refractivity contribution in [2.45, 2.75) is 20.0 Å². The highest BCUT2D eigenvalue weighted by Crippen LogP contribution is 2.30. The van der Waals surface area contributed by atoms with Crippen LogP contribution in [0.5, 0.6) is 0 Å². The van der Waals surface area contributed by atoms with Crippen molar-refractivity contribution in [1.29, 1.82) is 0 Å². The molecular weight excluding hydrogens is 379 g/mol. The lowest BCUT2D eigenvalue weighted by atomic mass is 10.1. The van der Waals surface area contributed by atoms with Gasteiger partial charge < -0.3 is 19.4 Å². The minimum atomic E-state index is -0.883. The summed E-state index contributed by atoms with van der Waals surface area (Å²) in [6.07, 6.45) is -0.883. The van der Waals surface area contributed by atoms with Crippen LogP contribution in [0.15, 0.2) is 18.2 Å². The van der Waals surface area contributed by atoms with Crippen molar-refractivity contribution in [2.24, 2.45) is 5.92 Å². The number of aromatic amines is 1. The third-order valence-corrected chi connectivity index (χ3v) is 4.93. The minimum Gasteiger partial charge on any atom is -0.447 e. The summed E-state index contributed by atoms with van der Waals surface area (Å²) < 4.78 is 10.8. The van der Waals surface area contributed by atoms with Crippen LogP contribution in [-0.2, 0) is 14.3 Å². The van der Waals surface area contributed by atoms with Crippen molar-refractivity contribution in [2.75, 3.05) is 26.3 Å². The summed E-state index contributed by atoms with van der Waals surface area (Å²) in [5.74, 6) is -1.05. The molecule has 3 rings (SSSR count). The van der Waals surface area contributed by atoms with E-state index in [9.17, 15) is 9.59 Å². The lowest BCUT2D eigenvalue weighted by molar-refractivity contribution is -0.147. The molecule has 0 unspecified atom stereocenters. The predicted octanol–water partition coefficient (Wildman–Crippen LogP) is 3.51. The number of halogens is 2. The van der Waals surface area contributed by atoms with Gasteiger partial charge >= 0.3 is 5.97 Å². The zero-order valence-electron chi connectivity index (χ0n) is 14.6. The Morgan fingerprint density at radius 1 is 1.23 bits per heavy atom. The summed E-state index contributed by atoms with van der Waals surface area (Å²) in [4.78, 5) is 30.0. The standard InChI is InChI=1S/C18H20Cl2N2O4/c1-10(2)16(17(23)22-5-7-25-8-6-22)26-18(24)15-14(20)12-9-11(19)3-4-13(12)21-15/h3-4,9-10,16,21H,5-8H2,1-2H3/t16-/m1/s1. The zero-order valence-corrected chi connectivity index (χ0v) is 16.1. The Bertz CT molecular complexity index is 828. The molecule has 6 nitrogen and oxygen atoms in total. The van der Waals surface area contributed by atoms with Gasteiger partial charge in [0.25, 0.3) is 5.91 Å². The summed E-state index contributed by atoms with van der Waals surface area (Å²) in [5, 5.41) is 1.38. The van der Waals surface area contributed by atoms with E-state index in [2.05, 4.69) is 4.98 Å². The number of carbonyl (C=O) groups excluding carboxylic acids is 2. The highest BCUT2D eigenvalue weighted by Gasteiger charge is 2.33. The van der Waals surface area contributed by atoms with Crippen LogP contribution < -0.4 is 0 Å². The highest BCUT2D eigenvalue weighted by molar-refractivity contribution is 6.39. The molecule has 2 heterocycles. The average molecular weight is 399 g/mol. The first-order chi connectivity index (χ1) is 12.4. The molecule has 0 bridgehead atoms. The fourth-order valence-corrected chi connectivity index (χ4v) is 3.33. The van der Waals surface area contributed by atoms with E-state index in [4.69, 9.17) is 32.7 Å². The van der Waals surface area contributed by atoms with Crippen molar-refractivity contribution < 1.29 is 19.1 Å². The van der Waals surface area contributed by atoms with Gasteiger partial charge in [-0.1, -0.05) is 37.0 Å². The molecule has 1 aliphatic heterocycles. The van der Waals surface area contributed by atoms with E-state index in [0.29, 0.717) is 42.2 Å². The monoisotopic (exact) mass is 398 g/mol. The van der Waals surface area contributed by atoms with Gasteiger partial charge in [-0.25, -0.2) is 4.79 Å². The second-order valence-electron chi connectivity index (χ2n) is 6.51. The maximum absolute atomic E-state index is 12.7. The number of ether oxygens (including phenoxy) is 2. The second kappa shape index (κ2) is 7.86. The average Bonchev–Trinajstić information content (AvgIpc) is 2.96. The number of esters is 1. The third kappa shape index (κ3) is 3.82. The fourth-order valence-electron chi connectivity index (χ4n) is 2.88. The van der Waals surface area contributed by atoms with Crippen molar-refractivity contribution in [3.8, 4) is 0 Å². The normalized spacial score (nSPS) is 16.1. The van der Waals surface area contributed by atoms with Crippen molar-refractivity contribution in [3.05, 3.63) is 33.9 Å². The minimum absolute atomic E-state index is 0.115. The van der Waals surface area contributed by atoms with Gasteiger partial charge in [-0.05, 0) is 24.1 Å². The summed E-state index contributed by atoms with van der Waals surface area (Å²) in [7, 11) is 0. The number of aromatic nitrogens is 1. The van der Waals surface area contributed by atoms with Crippen LogP contribution in [0.25, 0.3) is 10.9 Å². The van der Waals surface area contributed by atoms with Gasteiger partial charge in [-0.15, -0.1) is 0 Å². The molecule has 26 heavy (non-hydrogen) atoms. The van der Waals surface area contributed by atoms with E-state index in [0.717, 1.165) is 0 Å². The molecule has 1 amide bonds. The molecule has 1 fully saturated rings. The van der Waals surface area contributed by atoms with Gasteiger partial charge in [0, 0.05) is 29.0 Å². The molecular formula is C18H20Cl2N2O4. The van der Waals surface area contributed by atoms with Crippen LogP contribution in [0.2, 0.25) is 10.0 Å². The molecule has 1 saturated heterocycles. The van der Waals surface area contributed by atoms with Crippen molar-refractivity contribution >= 4 is 46.0 Å². The first-order valence-electron chi connectivity index (χ1n) is 8.42. The van der Waals surface area contributed by atoms with Gasteiger partial charge in [0.2, 0.25) is 0 Å². The molecule has 1 aliphatic rings. The number of nitrogens with zero attached hydrogens (tertiary/aromatic N) is 1. The highest BCUT2D eigenvalue weighted by atomic mass is 35.5. The summed E-state index contributed by atoms with van der Waals surface area (Å²) >= 11 is 12.3. The Hall–Kier alpha value is -1.76. The quantitative estimate of drug-likeness (QED) is 0.799. The molecule has 1 N–H and O–H groups in total. The third-order valence-electron chi connectivity index (χ3n) is 4.31. The number of hydrogen-bond donors (Lipinski definition) is 1. The van der Waals surface area contributed by atoms with E-state index < -0.39 is 12.1 Å². The molecule has 0 radical (unpaired) electrons. The van der Waals surface area contributed by atoms with Crippen molar-refractivity contribution in [1.82, 2.24) is 9.88 Å². The molecule has 0 saturated carbocycles. The van der Waals surface area contributed by atoms with Crippen LogP contribution in [0.3, 0.4) is 0 Å². The number of benzene rings is 1. The Morgan fingerprint density at radius 3 is 2.58 bits per heavy atom. The van der Waals surface area contributed by atoms with Crippen LogP contribution in [0, 0.1) is 5.92 Å². The first kappa shape index (κ1) is 19.0. The van der Waals surface area contributed by atoms with Gasteiger partial charge in [0.1, 0.15) is 5.69 Å². The largest absolute Gasteiger partial charge is 0.447 e. The number of fused-ring (bicyclic) bond motifs is 1. The second-order valence-corrected chi connectivity index (χ2v) is 7.33. The molecule has 8 heteroatoms. The van der Waals surface area contributed by atoms with Gasteiger partial charge in [0.15, 0.2) is 6.10 Å². The van der Waals surface area contributed by atoms with Gasteiger partial charge in [0.05, 0.1) is 18.2 Å². The zero-order chi connectivity index (χ0) is 18.8. The van der Waals surface area contributed by atoms with E-state index in [-0.39, 0.29) is 22.5 Å². The van der Waals surface area contributed by atoms with Crippen LogP contribution in [0.1, 0.15) is 24.3 Å². The topological polar surface area (TPSA) is 71.6 Å². The van der Waals surface area contributed by atoms with E-state index in [1.165, 1.54) is 0 Å². The van der Waals surface area contributed by atoms with Crippen LogP contribution in [-0.4, -0.2) is 54.2 Å². The van der Waals surface area contributed by atoms with E-state index >= 15 is 0 Å². The smallest absolute Gasteiger partial charge is 0.357 e. The number of morpholine rings is 1. The lowest BCUT2D eigenvalue weighted by Gasteiger charge is -2.31. The fraction of sp³-hybridized carbons (Fsp3) is 0.444. The maximum atomic E-state index is 12.7. The van der Waals surface area contributed by atoms with Crippen LogP contribution >= 0.6 is 23.2 Å². The van der Waals surface area contributed by atoms with Crippen LogP contribution in [0.4, 0.5) is 0 Å². The molecule has 1 aromatic carbocycles. The van der Waals surface area contributed by atoms with Gasteiger partial charge in [-0.2, -0.15) is 0 Å². The van der Waals surface area contributed by atoms with Crippen molar-refractivity contribution in [3.63, 3.8) is 0 Å². The van der Waals surface area contributed by atoms with Gasteiger partial charge in [-0.3, -0.25) is 4.79 Å². The Morgan fingerprint density at radius 2 is 1.92 bits per heavy atom. The summed E-state index contributed by atoms with van der Waals surface area (Å²) in [5.41, 5.74) is 0.788. The first-order valence-corrected chi connectivity index (χ1v) is 9.18.